The number of fused-ring (bicyclic) bond motifs is 1. The Hall–Kier alpha value is -2.71. The molecule has 0 aliphatic heterocycles. The van der Waals surface area contributed by atoms with Crippen molar-refractivity contribution in [2.45, 2.75) is 27.3 Å². The van der Waals surface area contributed by atoms with Crippen LogP contribution in [0.5, 0.6) is 0 Å². The normalized spacial score (nSPS) is 11.1. The van der Waals surface area contributed by atoms with E-state index in [2.05, 4.69) is 9.97 Å². The number of hydrogen-bond donors (Lipinski definition) is 1. The Kier molecular flexibility index (Phi) is 4.25. The number of carbonyl (C=O) groups excluding carboxylic acids is 2. The van der Waals surface area contributed by atoms with E-state index >= 15 is 0 Å². The highest BCUT2D eigenvalue weighted by Crippen LogP contribution is 2.10. The number of imidazole rings is 1. The molecule has 0 atom stereocenters. The van der Waals surface area contributed by atoms with Crippen LogP contribution in [0.3, 0.4) is 0 Å². The molecule has 9 heteroatoms. The fourth-order valence-electron chi connectivity index (χ4n) is 1.94. The molecule has 9 nitrogen and oxygen atoms in total. The molecule has 2 rings (SSSR count). The average Bonchev–Trinajstić information content (AvgIpc) is 2.82. The summed E-state index contributed by atoms with van der Waals surface area (Å²) in [6.07, 6.45) is 1.29. The fraction of sp³-hybridized carbons (Fsp3) is 0.462. The van der Waals surface area contributed by atoms with E-state index in [4.69, 9.17) is 10.5 Å². The van der Waals surface area contributed by atoms with E-state index in [1.165, 1.54) is 10.9 Å². The van der Waals surface area contributed by atoms with Gasteiger partial charge >= 0.3 is 5.97 Å². The third kappa shape index (κ3) is 2.69. The molecule has 0 aliphatic rings. The van der Waals surface area contributed by atoms with E-state index < -0.39 is 23.4 Å². The fourth-order valence-corrected chi connectivity index (χ4v) is 1.94. The molecule has 2 aromatic rings. The summed E-state index contributed by atoms with van der Waals surface area (Å²) in [6, 6.07) is 0. The number of hydrogen-bond acceptors (Lipinski definition) is 7. The van der Waals surface area contributed by atoms with Crippen molar-refractivity contribution in [3.05, 3.63) is 16.7 Å². The lowest BCUT2D eigenvalue weighted by Gasteiger charge is -2.10. The van der Waals surface area contributed by atoms with Crippen LogP contribution in [-0.4, -0.2) is 37.6 Å². The number of ether oxygens (including phenoxy) is 1. The lowest BCUT2D eigenvalue weighted by molar-refractivity contribution is -0.143. The molecule has 0 spiro atoms. The molecule has 0 saturated heterocycles. The summed E-state index contributed by atoms with van der Waals surface area (Å²) >= 11 is 0. The van der Waals surface area contributed by atoms with Crippen molar-refractivity contribution in [2.24, 2.45) is 5.92 Å². The highest BCUT2D eigenvalue weighted by Gasteiger charge is 2.21. The van der Waals surface area contributed by atoms with Gasteiger partial charge in [-0.15, -0.1) is 0 Å². The number of nitrogens with zero attached hydrogens (tertiary/aromatic N) is 4. The maximum absolute atomic E-state index is 12.4. The first-order chi connectivity index (χ1) is 10.4. The van der Waals surface area contributed by atoms with Crippen LogP contribution < -0.4 is 11.3 Å². The highest BCUT2D eigenvalue weighted by atomic mass is 16.5. The third-order valence-corrected chi connectivity index (χ3v) is 2.98. The second-order valence-electron chi connectivity index (χ2n) is 4.95. The van der Waals surface area contributed by atoms with Crippen LogP contribution in [-0.2, 0) is 16.1 Å². The molecule has 0 aliphatic carbocycles. The number of aromatic nitrogens is 4. The lowest BCUT2D eigenvalue weighted by Crippen LogP contribution is -2.33. The van der Waals surface area contributed by atoms with Gasteiger partial charge in [-0.05, 0) is 6.92 Å². The van der Waals surface area contributed by atoms with Crippen LogP contribution in [0.4, 0.5) is 5.95 Å². The Balaban J connectivity index is 2.54. The van der Waals surface area contributed by atoms with Crippen molar-refractivity contribution in [2.75, 3.05) is 12.3 Å². The summed E-state index contributed by atoms with van der Waals surface area (Å²) in [5.41, 5.74) is 5.19. The van der Waals surface area contributed by atoms with Crippen LogP contribution in [0.1, 0.15) is 25.6 Å². The number of nitrogen functional groups attached to an aromatic ring is 1. The number of anilines is 1. The van der Waals surface area contributed by atoms with Crippen LogP contribution in [0.25, 0.3) is 11.2 Å². The van der Waals surface area contributed by atoms with Crippen LogP contribution in [0.15, 0.2) is 11.1 Å². The predicted octanol–water partition coefficient (Wildman–Crippen LogP) is 0.0345. The van der Waals surface area contributed by atoms with Gasteiger partial charge in [-0.1, -0.05) is 13.8 Å². The highest BCUT2D eigenvalue weighted by molar-refractivity contribution is 5.86. The van der Waals surface area contributed by atoms with E-state index in [0.717, 1.165) is 4.57 Å². The molecule has 2 aromatic heterocycles. The molecular weight excluding hydrogens is 290 g/mol. The molecule has 0 radical (unpaired) electrons. The van der Waals surface area contributed by atoms with Crippen molar-refractivity contribution in [1.29, 1.82) is 0 Å². The zero-order valence-corrected chi connectivity index (χ0v) is 12.6. The molecule has 2 heterocycles. The molecule has 0 amide bonds. The van der Waals surface area contributed by atoms with Gasteiger partial charge in [-0.3, -0.25) is 14.4 Å². The number of esters is 1. The SMILES string of the molecule is CCOC(=O)Cn1cnc2c(=O)n(C(=O)C(C)C)c(N)nc21. The maximum Gasteiger partial charge on any atom is 0.326 e. The summed E-state index contributed by atoms with van der Waals surface area (Å²) < 4.78 is 6.99. The van der Waals surface area contributed by atoms with Gasteiger partial charge in [-0.25, -0.2) is 9.55 Å². The number of nitrogens with two attached hydrogens (primary N) is 1. The summed E-state index contributed by atoms with van der Waals surface area (Å²) in [5, 5.41) is 0. The maximum atomic E-state index is 12.4. The van der Waals surface area contributed by atoms with Gasteiger partial charge < -0.3 is 15.0 Å². The van der Waals surface area contributed by atoms with E-state index in [0.29, 0.717) is 0 Å². The van der Waals surface area contributed by atoms with Gasteiger partial charge in [0.15, 0.2) is 11.2 Å². The largest absolute Gasteiger partial charge is 0.465 e. The van der Waals surface area contributed by atoms with Crippen LogP contribution >= 0.6 is 0 Å². The second kappa shape index (κ2) is 5.96. The first-order valence-corrected chi connectivity index (χ1v) is 6.80. The summed E-state index contributed by atoms with van der Waals surface area (Å²) in [5.74, 6) is -1.59. The van der Waals surface area contributed by atoms with Crippen molar-refractivity contribution >= 4 is 29.0 Å². The zero-order chi connectivity index (χ0) is 16.4. The Morgan fingerprint density at radius 3 is 2.68 bits per heavy atom. The standard InChI is InChI=1S/C13H17N5O4/c1-4-22-8(19)5-17-6-15-9-10(17)16-13(14)18(12(9)21)11(20)7(2)3/h6-7H,4-5H2,1-3H3,(H2,14,16). The minimum Gasteiger partial charge on any atom is -0.465 e. The molecule has 118 valence electrons. The number of carbonyl (C=O) groups is 2. The first kappa shape index (κ1) is 15.7. The topological polar surface area (TPSA) is 122 Å². The summed E-state index contributed by atoms with van der Waals surface area (Å²) in [4.78, 5) is 43.9. The van der Waals surface area contributed by atoms with Crippen molar-refractivity contribution in [3.8, 4) is 0 Å². The van der Waals surface area contributed by atoms with E-state index in [-0.39, 0.29) is 30.3 Å². The van der Waals surface area contributed by atoms with Crippen LogP contribution in [0, 0.1) is 5.92 Å². The van der Waals surface area contributed by atoms with Gasteiger partial charge in [0.2, 0.25) is 11.9 Å². The molecule has 22 heavy (non-hydrogen) atoms. The monoisotopic (exact) mass is 307 g/mol. The van der Waals surface area contributed by atoms with Gasteiger partial charge in [0.25, 0.3) is 5.56 Å². The summed E-state index contributed by atoms with van der Waals surface area (Å²) in [6.45, 7) is 5.10. The second-order valence-corrected chi connectivity index (χ2v) is 4.95. The quantitative estimate of drug-likeness (QED) is 0.791. The molecule has 0 aromatic carbocycles. The Labute approximate surface area is 125 Å². The molecule has 0 unspecified atom stereocenters. The van der Waals surface area contributed by atoms with Crippen molar-refractivity contribution < 1.29 is 14.3 Å². The Bertz CT molecular complexity index is 790. The smallest absolute Gasteiger partial charge is 0.326 e. The Morgan fingerprint density at radius 2 is 2.09 bits per heavy atom. The number of rotatable bonds is 4. The minimum absolute atomic E-state index is 0.0208. The first-order valence-electron chi connectivity index (χ1n) is 6.80. The van der Waals surface area contributed by atoms with E-state index in [1.54, 1.807) is 20.8 Å². The van der Waals surface area contributed by atoms with E-state index in [9.17, 15) is 14.4 Å². The molecule has 2 N–H and O–H groups in total. The summed E-state index contributed by atoms with van der Waals surface area (Å²) in [7, 11) is 0. The van der Waals surface area contributed by atoms with E-state index in [1.807, 2.05) is 0 Å². The zero-order valence-electron chi connectivity index (χ0n) is 12.6. The molecule has 0 saturated carbocycles. The minimum atomic E-state index is -0.649. The molecule has 0 fully saturated rings. The molecule has 0 bridgehead atoms. The predicted molar refractivity (Wildman–Crippen MR) is 78.3 cm³/mol. The van der Waals surface area contributed by atoms with Gasteiger partial charge in [0, 0.05) is 5.92 Å². The van der Waals surface area contributed by atoms with Crippen molar-refractivity contribution in [1.82, 2.24) is 19.1 Å². The van der Waals surface area contributed by atoms with Gasteiger partial charge in [0.05, 0.1) is 12.9 Å². The lowest BCUT2D eigenvalue weighted by atomic mass is 10.2. The third-order valence-electron chi connectivity index (χ3n) is 2.98. The molecular formula is C13H17N5O4. The van der Waals surface area contributed by atoms with Crippen LogP contribution in [0.2, 0.25) is 0 Å². The average molecular weight is 307 g/mol. The van der Waals surface area contributed by atoms with Crippen molar-refractivity contribution in [3.63, 3.8) is 0 Å². The Morgan fingerprint density at radius 1 is 1.41 bits per heavy atom. The van der Waals surface area contributed by atoms with Gasteiger partial charge in [0.1, 0.15) is 6.54 Å². The van der Waals surface area contributed by atoms with Gasteiger partial charge in [-0.2, -0.15) is 4.98 Å².